The normalized spacial score (nSPS) is 28.3. The lowest BCUT2D eigenvalue weighted by Crippen LogP contribution is -2.32. The first-order valence-corrected chi connectivity index (χ1v) is 8.52. The van der Waals surface area contributed by atoms with Gasteiger partial charge in [-0.05, 0) is 55.5 Å². The summed E-state index contributed by atoms with van der Waals surface area (Å²) in [5.74, 6) is 1.60. The summed E-state index contributed by atoms with van der Waals surface area (Å²) in [4.78, 5) is 1.37. The summed E-state index contributed by atoms with van der Waals surface area (Å²) < 4.78 is 1.15. The quantitative estimate of drug-likeness (QED) is 0.867. The predicted octanol–water partition coefficient (Wildman–Crippen LogP) is 4.69. The van der Waals surface area contributed by atoms with Crippen molar-refractivity contribution in [2.45, 2.75) is 42.8 Å². The standard InChI is InChI=1S/C15H22BrNS/c1-2-11-3-4-12(10-17)15(9-11)18-14-7-5-13(16)6-8-14/h5-8,11-12,15H,2-4,9-10,17H2,1H3. The highest BCUT2D eigenvalue weighted by Crippen LogP contribution is 2.40. The lowest BCUT2D eigenvalue weighted by atomic mass is 9.80. The molecule has 1 aliphatic rings. The highest BCUT2D eigenvalue weighted by atomic mass is 79.9. The summed E-state index contributed by atoms with van der Waals surface area (Å²) in [6.45, 7) is 3.15. The Bertz CT molecular complexity index is 365. The average molecular weight is 328 g/mol. The number of hydrogen-bond donors (Lipinski definition) is 1. The molecule has 3 heteroatoms. The fourth-order valence-corrected chi connectivity index (χ4v) is 4.46. The molecule has 1 aromatic carbocycles. The molecule has 0 amide bonds. The summed E-state index contributed by atoms with van der Waals surface area (Å²) in [7, 11) is 0. The zero-order valence-electron chi connectivity index (χ0n) is 10.9. The molecule has 1 aromatic rings. The minimum atomic E-state index is 0.696. The van der Waals surface area contributed by atoms with Crippen LogP contribution in [0.3, 0.4) is 0 Å². The Balaban J connectivity index is 2.02. The second-order valence-electron chi connectivity index (χ2n) is 5.19. The molecule has 0 radical (unpaired) electrons. The fourth-order valence-electron chi connectivity index (χ4n) is 2.75. The average Bonchev–Trinajstić information content (AvgIpc) is 2.41. The fraction of sp³-hybridized carbons (Fsp3) is 0.600. The molecule has 1 saturated carbocycles. The van der Waals surface area contributed by atoms with Gasteiger partial charge in [-0.2, -0.15) is 0 Å². The summed E-state index contributed by atoms with van der Waals surface area (Å²) >= 11 is 5.51. The molecule has 0 spiro atoms. The summed E-state index contributed by atoms with van der Waals surface area (Å²) in [6, 6.07) is 8.66. The predicted molar refractivity (Wildman–Crippen MR) is 84.0 cm³/mol. The minimum absolute atomic E-state index is 0.696. The molecule has 3 unspecified atom stereocenters. The molecule has 2 rings (SSSR count). The van der Waals surface area contributed by atoms with Gasteiger partial charge in [-0.15, -0.1) is 11.8 Å². The van der Waals surface area contributed by atoms with Gasteiger partial charge in [0.05, 0.1) is 0 Å². The number of halogens is 1. The Hall–Kier alpha value is 0.01000. The number of hydrogen-bond acceptors (Lipinski definition) is 2. The third-order valence-electron chi connectivity index (χ3n) is 4.02. The molecule has 2 N–H and O–H groups in total. The first-order chi connectivity index (χ1) is 8.72. The molecule has 1 fully saturated rings. The molecule has 100 valence electrons. The maximum atomic E-state index is 5.94. The van der Waals surface area contributed by atoms with Gasteiger partial charge in [-0.25, -0.2) is 0 Å². The summed E-state index contributed by atoms with van der Waals surface area (Å²) in [5, 5.41) is 0.704. The van der Waals surface area contributed by atoms with Crippen LogP contribution in [0.1, 0.15) is 32.6 Å². The van der Waals surface area contributed by atoms with Gasteiger partial charge in [-0.1, -0.05) is 35.7 Å². The number of thioether (sulfide) groups is 1. The van der Waals surface area contributed by atoms with Crippen molar-refractivity contribution in [2.24, 2.45) is 17.6 Å². The van der Waals surface area contributed by atoms with Crippen molar-refractivity contribution in [1.29, 1.82) is 0 Å². The van der Waals surface area contributed by atoms with Gasteiger partial charge in [0.1, 0.15) is 0 Å². The van der Waals surface area contributed by atoms with Crippen LogP contribution in [0.25, 0.3) is 0 Å². The van der Waals surface area contributed by atoms with E-state index in [-0.39, 0.29) is 0 Å². The maximum absolute atomic E-state index is 5.94. The highest BCUT2D eigenvalue weighted by Gasteiger charge is 2.29. The molecular weight excluding hydrogens is 306 g/mol. The maximum Gasteiger partial charge on any atom is 0.0176 e. The number of benzene rings is 1. The van der Waals surface area contributed by atoms with Gasteiger partial charge in [0.2, 0.25) is 0 Å². The van der Waals surface area contributed by atoms with E-state index in [9.17, 15) is 0 Å². The molecule has 0 aromatic heterocycles. The Kier molecular flexibility index (Phi) is 5.58. The summed E-state index contributed by atoms with van der Waals surface area (Å²) in [5.41, 5.74) is 5.94. The van der Waals surface area contributed by atoms with Crippen LogP contribution in [0.4, 0.5) is 0 Å². The Labute approximate surface area is 123 Å². The largest absolute Gasteiger partial charge is 0.330 e. The highest BCUT2D eigenvalue weighted by molar-refractivity contribution is 9.10. The van der Waals surface area contributed by atoms with Crippen LogP contribution < -0.4 is 5.73 Å². The Morgan fingerprint density at radius 3 is 2.61 bits per heavy atom. The Morgan fingerprint density at radius 1 is 1.28 bits per heavy atom. The van der Waals surface area contributed by atoms with E-state index >= 15 is 0 Å². The van der Waals surface area contributed by atoms with E-state index in [4.69, 9.17) is 5.73 Å². The van der Waals surface area contributed by atoms with Crippen LogP contribution >= 0.6 is 27.7 Å². The third kappa shape index (κ3) is 3.75. The van der Waals surface area contributed by atoms with E-state index in [1.54, 1.807) is 0 Å². The van der Waals surface area contributed by atoms with E-state index in [2.05, 4.69) is 47.1 Å². The molecule has 0 aliphatic heterocycles. The van der Waals surface area contributed by atoms with Crippen molar-refractivity contribution in [1.82, 2.24) is 0 Å². The van der Waals surface area contributed by atoms with Crippen molar-refractivity contribution in [3.05, 3.63) is 28.7 Å². The molecule has 0 bridgehead atoms. The van der Waals surface area contributed by atoms with Crippen molar-refractivity contribution >= 4 is 27.7 Å². The zero-order valence-corrected chi connectivity index (χ0v) is 13.3. The number of nitrogens with two attached hydrogens (primary N) is 1. The molecule has 3 atom stereocenters. The minimum Gasteiger partial charge on any atom is -0.330 e. The van der Waals surface area contributed by atoms with Gasteiger partial charge < -0.3 is 5.73 Å². The van der Waals surface area contributed by atoms with E-state index < -0.39 is 0 Å². The number of rotatable bonds is 4. The topological polar surface area (TPSA) is 26.0 Å². The van der Waals surface area contributed by atoms with Gasteiger partial charge in [0.25, 0.3) is 0 Å². The molecule has 18 heavy (non-hydrogen) atoms. The van der Waals surface area contributed by atoms with Crippen LogP contribution in [-0.4, -0.2) is 11.8 Å². The lowest BCUT2D eigenvalue weighted by molar-refractivity contribution is 0.284. The van der Waals surface area contributed by atoms with E-state index in [1.807, 2.05) is 11.8 Å². The molecular formula is C15H22BrNS. The smallest absolute Gasteiger partial charge is 0.0176 e. The molecule has 0 saturated heterocycles. The van der Waals surface area contributed by atoms with E-state index in [0.717, 1.165) is 16.9 Å². The SMILES string of the molecule is CCC1CCC(CN)C(Sc2ccc(Br)cc2)C1. The second-order valence-corrected chi connectivity index (χ2v) is 7.42. The van der Waals surface area contributed by atoms with Crippen LogP contribution in [0, 0.1) is 11.8 Å². The van der Waals surface area contributed by atoms with Crippen molar-refractivity contribution < 1.29 is 0 Å². The van der Waals surface area contributed by atoms with E-state index in [1.165, 1.54) is 30.6 Å². The van der Waals surface area contributed by atoms with Crippen LogP contribution in [-0.2, 0) is 0 Å². The van der Waals surface area contributed by atoms with Gasteiger partial charge >= 0.3 is 0 Å². The van der Waals surface area contributed by atoms with E-state index in [0.29, 0.717) is 11.2 Å². The molecule has 1 nitrogen and oxygen atoms in total. The van der Waals surface area contributed by atoms with Crippen LogP contribution in [0.5, 0.6) is 0 Å². The van der Waals surface area contributed by atoms with Gasteiger partial charge in [-0.3, -0.25) is 0 Å². The molecule has 1 aliphatic carbocycles. The third-order valence-corrected chi connectivity index (χ3v) is 5.97. The van der Waals surface area contributed by atoms with Crippen LogP contribution in [0.2, 0.25) is 0 Å². The van der Waals surface area contributed by atoms with Gasteiger partial charge in [0.15, 0.2) is 0 Å². The van der Waals surface area contributed by atoms with Crippen LogP contribution in [0.15, 0.2) is 33.6 Å². The van der Waals surface area contributed by atoms with Crippen molar-refractivity contribution in [3.8, 4) is 0 Å². The van der Waals surface area contributed by atoms with Crippen molar-refractivity contribution in [2.75, 3.05) is 6.54 Å². The van der Waals surface area contributed by atoms with Gasteiger partial charge in [0, 0.05) is 14.6 Å². The zero-order chi connectivity index (χ0) is 13.0. The first kappa shape index (κ1) is 14.4. The second kappa shape index (κ2) is 6.97. The summed E-state index contributed by atoms with van der Waals surface area (Å²) in [6.07, 6.45) is 5.33. The Morgan fingerprint density at radius 2 is 2.00 bits per heavy atom. The monoisotopic (exact) mass is 327 g/mol. The lowest BCUT2D eigenvalue weighted by Gasteiger charge is -2.35. The molecule has 0 heterocycles. The first-order valence-electron chi connectivity index (χ1n) is 6.85. The van der Waals surface area contributed by atoms with Crippen molar-refractivity contribution in [3.63, 3.8) is 0 Å².